The zero-order chi connectivity index (χ0) is 29.1. The van der Waals surface area contributed by atoms with Gasteiger partial charge in [0.25, 0.3) is 0 Å². The van der Waals surface area contributed by atoms with E-state index in [0.717, 1.165) is 32.1 Å². The molecule has 3 amide bonds. The fourth-order valence-corrected chi connectivity index (χ4v) is 6.30. The molecular weight excluding hydrogens is 536 g/mol. The van der Waals surface area contributed by atoms with E-state index in [4.69, 9.17) is 28.0 Å². The molecular formula is C24H46N4O8S2. The standard InChI is InChI=1S/C24H44N4O4S.H2O4S/c1-6-14-32-23(31)27-20(24(4,5)33-16(2)3)22(30)28-13-7-8-19(28)21(29)26-15-17-9-11-18(25)12-10-17;1-5(2,3)4/h16-20H,6-15,25H2,1-5H3,(H,26,29)(H,27,31);(H2,1,2,3,4)/t17-,18-,19-,20-;/m0./s1. The van der Waals surface area contributed by atoms with Gasteiger partial charge in [-0.3, -0.25) is 18.7 Å². The molecule has 0 bridgehead atoms. The molecule has 2 rings (SSSR count). The number of carbonyl (C=O) groups excluding carboxylic acids is 3. The second-order valence-corrected chi connectivity index (χ2v) is 13.8. The van der Waals surface area contributed by atoms with Crippen LogP contribution in [0.2, 0.25) is 0 Å². The maximum absolute atomic E-state index is 13.7. The van der Waals surface area contributed by atoms with Crippen LogP contribution in [0.4, 0.5) is 4.79 Å². The minimum Gasteiger partial charge on any atom is -0.450 e. The molecule has 6 N–H and O–H groups in total. The first kappa shape index (κ1) is 34.4. The van der Waals surface area contributed by atoms with Gasteiger partial charge in [0, 0.05) is 23.9 Å². The molecule has 1 saturated heterocycles. The number of ether oxygens (including phenoxy) is 1. The van der Waals surface area contributed by atoms with Crippen molar-refractivity contribution in [1.82, 2.24) is 15.5 Å². The number of amides is 3. The molecule has 0 aromatic carbocycles. The number of nitrogens with two attached hydrogens (primary N) is 1. The molecule has 1 saturated carbocycles. The molecule has 222 valence electrons. The Labute approximate surface area is 231 Å². The third kappa shape index (κ3) is 13.0. The highest BCUT2D eigenvalue weighted by molar-refractivity contribution is 8.01. The second-order valence-electron chi connectivity index (χ2n) is 10.6. The van der Waals surface area contributed by atoms with Crippen molar-refractivity contribution in [2.75, 3.05) is 19.7 Å². The zero-order valence-electron chi connectivity index (χ0n) is 23.1. The topological polar surface area (TPSA) is 188 Å². The average Bonchev–Trinajstić information content (AvgIpc) is 3.28. The molecule has 38 heavy (non-hydrogen) atoms. The molecule has 0 aromatic heterocycles. The predicted molar refractivity (Wildman–Crippen MR) is 147 cm³/mol. The molecule has 2 fully saturated rings. The quantitative estimate of drug-likeness (QED) is 0.239. The highest BCUT2D eigenvalue weighted by Crippen LogP contribution is 2.34. The average molecular weight is 583 g/mol. The largest absolute Gasteiger partial charge is 0.450 e. The van der Waals surface area contributed by atoms with Crippen molar-refractivity contribution in [3.8, 4) is 0 Å². The number of likely N-dealkylation sites (tertiary alicyclic amines) is 1. The number of nitrogens with one attached hydrogen (secondary N) is 2. The van der Waals surface area contributed by atoms with E-state index >= 15 is 0 Å². The summed E-state index contributed by atoms with van der Waals surface area (Å²) in [6.07, 6.45) is 5.57. The Balaban J connectivity index is 0.00000132. The van der Waals surface area contributed by atoms with E-state index in [0.29, 0.717) is 38.5 Å². The lowest BCUT2D eigenvalue weighted by atomic mass is 9.86. The molecule has 2 atom stereocenters. The van der Waals surface area contributed by atoms with Gasteiger partial charge >= 0.3 is 16.5 Å². The Morgan fingerprint density at radius 3 is 2.24 bits per heavy atom. The van der Waals surface area contributed by atoms with Gasteiger partial charge in [-0.1, -0.05) is 20.8 Å². The summed E-state index contributed by atoms with van der Waals surface area (Å²) in [5.41, 5.74) is 5.99. The molecule has 0 spiro atoms. The van der Waals surface area contributed by atoms with E-state index in [1.165, 1.54) is 0 Å². The van der Waals surface area contributed by atoms with Gasteiger partial charge in [0.2, 0.25) is 11.8 Å². The summed E-state index contributed by atoms with van der Waals surface area (Å²) < 4.78 is 36.2. The normalized spacial score (nSPS) is 22.8. The predicted octanol–water partition coefficient (Wildman–Crippen LogP) is 2.38. The molecule has 14 heteroatoms. The van der Waals surface area contributed by atoms with Crippen molar-refractivity contribution in [1.29, 1.82) is 0 Å². The third-order valence-electron chi connectivity index (χ3n) is 6.48. The lowest BCUT2D eigenvalue weighted by Gasteiger charge is -2.38. The van der Waals surface area contributed by atoms with Gasteiger partial charge in [-0.15, -0.1) is 0 Å². The first-order valence-corrected chi connectivity index (χ1v) is 15.5. The Bertz CT molecular complexity index is 869. The molecule has 0 aromatic rings. The van der Waals surface area contributed by atoms with Crippen LogP contribution in [-0.2, 0) is 24.7 Å². The Hall–Kier alpha value is -1.61. The highest BCUT2D eigenvalue weighted by Gasteiger charge is 2.44. The Morgan fingerprint density at radius 1 is 1.13 bits per heavy atom. The summed E-state index contributed by atoms with van der Waals surface area (Å²) in [6, 6.07) is -1.01. The van der Waals surface area contributed by atoms with Crippen molar-refractivity contribution in [3.63, 3.8) is 0 Å². The van der Waals surface area contributed by atoms with Crippen LogP contribution in [0.15, 0.2) is 0 Å². The van der Waals surface area contributed by atoms with Crippen LogP contribution in [0.5, 0.6) is 0 Å². The molecule has 1 aliphatic carbocycles. The van der Waals surface area contributed by atoms with Gasteiger partial charge in [0.15, 0.2) is 0 Å². The monoisotopic (exact) mass is 582 g/mol. The van der Waals surface area contributed by atoms with Crippen LogP contribution < -0.4 is 16.4 Å². The van der Waals surface area contributed by atoms with Crippen LogP contribution in [0.25, 0.3) is 0 Å². The number of hydrogen-bond acceptors (Lipinski definition) is 8. The Morgan fingerprint density at radius 2 is 1.71 bits per heavy atom. The lowest BCUT2D eigenvalue weighted by molar-refractivity contribution is -0.140. The molecule has 12 nitrogen and oxygen atoms in total. The molecule has 0 radical (unpaired) electrons. The highest BCUT2D eigenvalue weighted by atomic mass is 32.3. The van der Waals surface area contributed by atoms with E-state index in [2.05, 4.69) is 24.5 Å². The summed E-state index contributed by atoms with van der Waals surface area (Å²) >= 11 is 1.63. The zero-order valence-corrected chi connectivity index (χ0v) is 24.8. The van der Waals surface area contributed by atoms with Crippen molar-refractivity contribution in [3.05, 3.63) is 0 Å². The first-order valence-electron chi connectivity index (χ1n) is 13.2. The number of rotatable bonds is 10. The fraction of sp³-hybridized carbons (Fsp3) is 0.875. The smallest absolute Gasteiger partial charge is 0.407 e. The molecule has 1 heterocycles. The van der Waals surface area contributed by atoms with E-state index in [1.807, 2.05) is 20.8 Å². The van der Waals surface area contributed by atoms with E-state index in [9.17, 15) is 14.4 Å². The van der Waals surface area contributed by atoms with Gasteiger partial charge in [-0.25, -0.2) is 4.79 Å². The van der Waals surface area contributed by atoms with Gasteiger partial charge in [-0.05, 0) is 70.0 Å². The number of nitrogens with zero attached hydrogens (tertiary/aromatic N) is 1. The number of alkyl carbamates (subject to hydrolysis) is 1. The molecule has 0 unspecified atom stereocenters. The Kier molecular flexibility index (Phi) is 14.4. The summed E-state index contributed by atoms with van der Waals surface area (Å²) in [6.45, 7) is 11.4. The van der Waals surface area contributed by atoms with Crippen molar-refractivity contribution in [2.45, 2.75) is 108 Å². The summed E-state index contributed by atoms with van der Waals surface area (Å²) in [5, 5.41) is 6.15. The maximum Gasteiger partial charge on any atom is 0.407 e. The van der Waals surface area contributed by atoms with Crippen LogP contribution in [0, 0.1) is 5.92 Å². The minimum absolute atomic E-state index is 0.0997. The summed E-state index contributed by atoms with van der Waals surface area (Å²) in [5.74, 6) is 0.128. The minimum atomic E-state index is -4.67. The number of carbonyl (C=O) groups is 3. The lowest BCUT2D eigenvalue weighted by Crippen LogP contribution is -2.60. The summed E-state index contributed by atoms with van der Waals surface area (Å²) in [4.78, 5) is 40.8. The van der Waals surface area contributed by atoms with Crippen LogP contribution in [0.3, 0.4) is 0 Å². The van der Waals surface area contributed by atoms with E-state index < -0.39 is 33.3 Å². The van der Waals surface area contributed by atoms with Gasteiger partial charge in [-0.2, -0.15) is 20.2 Å². The van der Waals surface area contributed by atoms with Gasteiger partial charge < -0.3 is 26.0 Å². The maximum atomic E-state index is 13.7. The molecule has 1 aliphatic heterocycles. The van der Waals surface area contributed by atoms with Crippen molar-refractivity contribution in [2.24, 2.45) is 11.7 Å². The van der Waals surface area contributed by atoms with Crippen molar-refractivity contribution < 1.29 is 36.6 Å². The first-order chi connectivity index (χ1) is 17.5. The van der Waals surface area contributed by atoms with Gasteiger partial charge in [0.1, 0.15) is 12.1 Å². The SMILES string of the molecule is CCCOC(=O)N[C@@H](C(=O)N1CCC[C@H]1C(=O)NC[C@H]1CC[C@H](N)CC1)C(C)(C)SC(C)C.O=S(=O)(O)O. The van der Waals surface area contributed by atoms with Crippen LogP contribution >= 0.6 is 11.8 Å². The second kappa shape index (κ2) is 15.8. The van der Waals surface area contributed by atoms with Crippen LogP contribution in [-0.4, -0.2) is 88.1 Å². The molecule has 2 aliphatic rings. The van der Waals surface area contributed by atoms with Crippen LogP contribution in [0.1, 0.15) is 79.6 Å². The van der Waals surface area contributed by atoms with E-state index in [1.54, 1.807) is 16.7 Å². The summed E-state index contributed by atoms with van der Waals surface area (Å²) in [7, 11) is -4.67. The number of thioether (sulfide) groups is 1. The fourth-order valence-electron chi connectivity index (χ4n) is 4.79. The van der Waals surface area contributed by atoms with Crippen molar-refractivity contribution >= 4 is 40.1 Å². The number of hydrogen-bond donors (Lipinski definition) is 5. The third-order valence-corrected chi connectivity index (χ3v) is 7.79. The van der Waals surface area contributed by atoms with E-state index in [-0.39, 0.29) is 23.1 Å². The van der Waals surface area contributed by atoms with Gasteiger partial charge in [0.05, 0.1) is 6.61 Å².